The highest BCUT2D eigenvalue weighted by molar-refractivity contribution is 9.09. The van der Waals surface area contributed by atoms with E-state index in [-0.39, 0.29) is 17.0 Å². The second kappa shape index (κ2) is 16.3. The van der Waals surface area contributed by atoms with E-state index in [2.05, 4.69) is 36.8 Å². The van der Waals surface area contributed by atoms with E-state index >= 15 is 0 Å². The third kappa shape index (κ3) is 13.9. The van der Waals surface area contributed by atoms with Crippen LogP contribution in [0.5, 0.6) is 0 Å². The van der Waals surface area contributed by atoms with E-state index in [0.29, 0.717) is 0 Å². The van der Waals surface area contributed by atoms with E-state index < -0.39 is 0 Å². The minimum Gasteiger partial charge on any atom is -1.00 e. The Bertz CT molecular complexity index is 188. The third-order valence-corrected chi connectivity index (χ3v) is 4.58. The lowest BCUT2D eigenvalue weighted by Gasteiger charge is -2.34. The van der Waals surface area contributed by atoms with Gasteiger partial charge in [-0.1, -0.05) is 68.3 Å². The summed E-state index contributed by atoms with van der Waals surface area (Å²) in [5.41, 5.74) is 0. The highest BCUT2D eigenvalue weighted by atomic mass is 79.9. The van der Waals surface area contributed by atoms with Gasteiger partial charge in [-0.05, 0) is 25.7 Å². The van der Waals surface area contributed by atoms with Crippen LogP contribution in [-0.4, -0.2) is 36.5 Å². The highest BCUT2D eigenvalue weighted by Gasteiger charge is 2.19. The molecule has 0 aliphatic heterocycles. The molecule has 0 bridgehead atoms. The first kappa shape index (κ1) is 23.2. The van der Waals surface area contributed by atoms with Gasteiger partial charge in [0.25, 0.3) is 0 Å². The van der Waals surface area contributed by atoms with Crippen molar-refractivity contribution in [3.8, 4) is 0 Å². The second-order valence-electron chi connectivity index (χ2n) is 6.31. The molecule has 0 aromatic carbocycles. The van der Waals surface area contributed by atoms with Crippen molar-refractivity contribution in [1.82, 2.24) is 0 Å². The number of nitrogens with zero attached hydrogens (tertiary/aromatic N) is 1. The molecule has 0 amide bonds. The van der Waals surface area contributed by atoms with Gasteiger partial charge in [-0.25, -0.2) is 0 Å². The van der Waals surface area contributed by atoms with Gasteiger partial charge in [0.15, 0.2) is 0 Å². The highest BCUT2D eigenvalue weighted by Crippen LogP contribution is 2.13. The van der Waals surface area contributed by atoms with Gasteiger partial charge in [0.2, 0.25) is 0 Å². The first-order valence-electron chi connectivity index (χ1n) is 8.58. The lowest BCUT2D eigenvalue weighted by molar-refractivity contribution is -0.907. The molecule has 0 spiro atoms. The van der Waals surface area contributed by atoms with E-state index in [1.54, 1.807) is 0 Å². The van der Waals surface area contributed by atoms with Crippen LogP contribution in [0.25, 0.3) is 0 Å². The molecule has 20 heavy (non-hydrogen) atoms. The fraction of sp³-hybridized carbons (Fsp3) is 1.00. The summed E-state index contributed by atoms with van der Waals surface area (Å²) in [4.78, 5) is 0. The predicted molar refractivity (Wildman–Crippen MR) is 92.1 cm³/mol. The Kier molecular flexibility index (Phi) is 18.9. The monoisotopic (exact) mass is 413 g/mol. The van der Waals surface area contributed by atoms with E-state index in [1.165, 1.54) is 88.3 Å². The molecule has 1 unspecified atom stereocenters. The van der Waals surface area contributed by atoms with Crippen molar-refractivity contribution >= 4 is 15.9 Å². The summed E-state index contributed by atoms with van der Waals surface area (Å²) >= 11 is 3.64. The van der Waals surface area contributed by atoms with Gasteiger partial charge in [0, 0.05) is 0 Å². The Morgan fingerprint density at radius 3 is 1.50 bits per heavy atom. The number of rotatable bonds is 14. The van der Waals surface area contributed by atoms with Gasteiger partial charge in [0.1, 0.15) is 0 Å². The van der Waals surface area contributed by atoms with Crippen molar-refractivity contribution in [3.05, 3.63) is 0 Å². The largest absolute Gasteiger partial charge is 1.00 e. The van der Waals surface area contributed by atoms with E-state index in [1.807, 2.05) is 0 Å². The van der Waals surface area contributed by atoms with Crippen molar-refractivity contribution in [1.29, 1.82) is 0 Å². The van der Waals surface area contributed by atoms with Crippen LogP contribution in [0.15, 0.2) is 0 Å². The molecule has 0 aromatic heterocycles. The summed E-state index contributed by atoms with van der Waals surface area (Å²) in [6.45, 7) is 8.63. The van der Waals surface area contributed by atoms with Crippen LogP contribution in [0.4, 0.5) is 0 Å². The number of halogens is 2. The predicted octanol–water partition coefficient (Wildman–Crippen LogP) is 2.77. The van der Waals surface area contributed by atoms with Crippen molar-refractivity contribution in [3.63, 3.8) is 0 Å². The minimum atomic E-state index is 0. The van der Waals surface area contributed by atoms with Crippen molar-refractivity contribution in [2.45, 2.75) is 78.1 Å². The molecule has 0 heterocycles. The van der Waals surface area contributed by atoms with Crippen molar-refractivity contribution in [2.75, 3.05) is 32.0 Å². The van der Waals surface area contributed by atoms with Crippen LogP contribution in [0.2, 0.25) is 0 Å². The molecule has 1 atom stereocenters. The van der Waals surface area contributed by atoms with Gasteiger partial charge in [-0.3, -0.25) is 0 Å². The molecule has 0 N–H and O–H groups in total. The fourth-order valence-corrected chi connectivity index (χ4v) is 3.59. The zero-order valence-corrected chi connectivity index (χ0v) is 17.3. The first-order valence-corrected chi connectivity index (χ1v) is 9.70. The Morgan fingerprint density at radius 1 is 0.650 bits per heavy atom. The van der Waals surface area contributed by atoms with Gasteiger partial charge in [-0.15, -0.1) is 0 Å². The lowest BCUT2D eigenvalue weighted by Crippen LogP contribution is -3.00. The van der Waals surface area contributed by atoms with E-state index in [9.17, 15) is 0 Å². The lowest BCUT2D eigenvalue weighted by atomic mass is 10.1. The molecule has 0 aromatic rings. The van der Waals surface area contributed by atoms with E-state index in [0.717, 1.165) is 5.33 Å². The number of alkyl halides is 1. The average Bonchev–Trinajstić information content (AvgIpc) is 2.39. The normalized spacial score (nSPS) is 13.8. The summed E-state index contributed by atoms with van der Waals surface area (Å²) in [6.07, 6.45) is 14.1. The summed E-state index contributed by atoms with van der Waals surface area (Å²) in [5, 5.41) is 1.15. The standard InChI is InChI=1S/C17H37BrN.BrH/c1-4-6-8-10-11-13-16-19(3,17-14-18)15-12-9-7-5-2;/h4-17H2,1-3H3;1H/q+1;/p-1. The molecule has 0 aliphatic rings. The quantitative estimate of drug-likeness (QED) is 0.233. The number of hydrogen-bond acceptors (Lipinski definition) is 0. The smallest absolute Gasteiger partial charge is 0.0883 e. The fourth-order valence-electron chi connectivity index (χ4n) is 2.73. The van der Waals surface area contributed by atoms with Gasteiger partial charge in [-0.2, -0.15) is 0 Å². The maximum atomic E-state index is 3.64. The molecule has 0 aliphatic carbocycles. The Balaban J connectivity index is 0. The summed E-state index contributed by atoms with van der Waals surface area (Å²) in [5.74, 6) is 0. The second-order valence-corrected chi connectivity index (χ2v) is 7.10. The van der Waals surface area contributed by atoms with Crippen LogP contribution >= 0.6 is 15.9 Å². The molecular formula is C17H37Br2N. The van der Waals surface area contributed by atoms with Crippen LogP contribution in [-0.2, 0) is 0 Å². The maximum Gasteiger partial charge on any atom is 0.0883 e. The molecular weight excluding hydrogens is 378 g/mol. The van der Waals surface area contributed by atoms with E-state index in [4.69, 9.17) is 0 Å². The molecule has 0 fully saturated rings. The molecule has 124 valence electrons. The van der Waals surface area contributed by atoms with Gasteiger partial charge >= 0.3 is 0 Å². The van der Waals surface area contributed by atoms with Crippen LogP contribution in [0, 0.1) is 0 Å². The Morgan fingerprint density at radius 2 is 1.05 bits per heavy atom. The number of quaternary nitrogens is 1. The molecule has 3 heteroatoms. The Labute approximate surface area is 147 Å². The summed E-state index contributed by atoms with van der Waals surface area (Å²) in [6, 6.07) is 0. The minimum absolute atomic E-state index is 0. The number of hydrogen-bond donors (Lipinski definition) is 0. The summed E-state index contributed by atoms with van der Waals surface area (Å²) < 4.78 is 1.28. The SMILES string of the molecule is CCCCCCCC[N+](C)(CCBr)CCCCCC.[Br-]. The van der Waals surface area contributed by atoms with Gasteiger partial charge < -0.3 is 21.5 Å². The zero-order chi connectivity index (χ0) is 14.4. The average molecular weight is 415 g/mol. The molecule has 0 saturated heterocycles. The molecule has 0 rings (SSSR count). The molecule has 0 saturated carbocycles. The van der Waals surface area contributed by atoms with Crippen molar-refractivity contribution < 1.29 is 21.5 Å². The Hall–Kier alpha value is 0.920. The maximum absolute atomic E-state index is 3.64. The third-order valence-electron chi connectivity index (χ3n) is 4.23. The summed E-state index contributed by atoms with van der Waals surface area (Å²) in [7, 11) is 2.46. The molecule has 1 nitrogen and oxygen atoms in total. The topological polar surface area (TPSA) is 0 Å². The molecule has 0 radical (unpaired) electrons. The van der Waals surface area contributed by atoms with Gasteiger partial charge in [0.05, 0.1) is 32.0 Å². The number of unbranched alkanes of at least 4 members (excludes halogenated alkanes) is 8. The van der Waals surface area contributed by atoms with Crippen molar-refractivity contribution in [2.24, 2.45) is 0 Å². The van der Waals surface area contributed by atoms with Crippen LogP contribution < -0.4 is 17.0 Å². The zero-order valence-electron chi connectivity index (χ0n) is 14.1. The van der Waals surface area contributed by atoms with Crippen LogP contribution in [0.1, 0.15) is 78.1 Å². The van der Waals surface area contributed by atoms with Crippen LogP contribution in [0.3, 0.4) is 0 Å². The first-order chi connectivity index (χ1) is 9.18.